The molecule has 0 spiro atoms. The van der Waals surface area contributed by atoms with Crippen LogP contribution in [0.15, 0.2) is 24.3 Å². The van der Waals surface area contributed by atoms with Crippen LogP contribution >= 0.6 is 22.9 Å². The van der Waals surface area contributed by atoms with Crippen LogP contribution in [0.25, 0.3) is 0 Å². The van der Waals surface area contributed by atoms with E-state index in [1.54, 1.807) is 0 Å². The highest BCUT2D eigenvalue weighted by atomic mass is 127. The number of halogens is 1. The summed E-state index contributed by atoms with van der Waals surface area (Å²) in [6.45, 7) is 9.01. The van der Waals surface area contributed by atoms with Crippen molar-refractivity contribution in [3.8, 4) is 5.75 Å². The number of rotatable bonds is 9. The zero-order chi connectivity index (χ0) is 15.8. The lowest BCUT2D eigenvalue weighted by Crippen LogP contribution is -2.35. The van der Waals surface area contributed by atoms with Gasteiger partial charge in [0.15, 0.2) is 5.78 Å². The van der Waals surface area contributed by atoms with Crippen LogP contribution < -0.4 is 8.27 Å². The summed E-state index contributed by atoms with van der Waals surface area (Å²) in [5, 5.41) is 0. The molecular weight excluding hydrogens is 377 g/mol. The van der Waals surface area contributed by atoms with Crippen molar-refractivity contribution in [1.82, 2.24) is 3.53 Å². The van der Waals surface area contributed by atoms with E-state index >= 15 is 0 Å². The van der Waals surface area contributed by atoms with E-state index in [-0.39, 0.29) is 17.7 Å². The highest BCUT2D eigenvalue weighted by molar-refractivity contribution is 14.1. The molecule has 1 aromatic carbocycles. The van der Waals surface area contributed by atoms with Gasteiger partial charge in [-0.2, -0.15) is 0 Å². The van der Waals surface area contributed by atoms with Crippen LogP contribution in [-0.2, 0) is 11.2 Å². The topological polar surface area (TPSA) is 38.3 Å². The molecule has 21 heavy (non-hydrogen) atoms. The Morgan fingerprint density at radius 2 is 1.81 bits per heavy atom. The third-order valence-electron chi connectivity index (χ3n) is 3.37. The summed E-state index contributed by atoms with van der Waals surface area (Å²) in [4.78, 5) is 12.1. The van der Waals surface area contributed by atoms with E-state index in [1.807, 2.05) is 38.1 Å². The average molecular weight is 403 g/mol. The van der Waals surface area contributed by atoms with Gasteiger partial charge in [-0.3, -0.25) is 8.32 Å². The first-order valence-electron chi connectivity index (χ1n) is 7.55. The van der Waals surface area contributed by atoms with Crippen molar-refractivity contribution in [1.29, 1.82) is 0 Å². The van der Waals surface area contributed by atoms with Gasteiger partial charge >= 0.3 is 0 Å². The molecular formula is C17H26INO2. The predicted molar refractivity (Wildman–Crippen MR) is 95.9 cm³/mol. The molecule has 1 N–H and O–H groups in total. The Balaban J connectivity index is 2.55. The Hall–Kier alpha value is -0.620. The summed E-state index contributed by atoms with van der Waals surface area (Å²) in [7, 11) is 0. The fourth-order valence-corrected chi connectivity index (χ4v) is 2.49. The number of ketones is 1. The Kier molecular flexibility index (Phi) is 8.26. The molecule has 0 fully saturated rings. The van der Waals surface area contributed by atoms with Gasteiger partial charge in [-0.15, -0.1) is 0 Å². The maximum atomic E-state index is 12.1. The van der Waals surface area contributed by atoms with Crippen LogP contribution in [0.5, 0.6) is 5.75 Å². The van der Waals surface area contributed by atoms with Gasteiger partial charge in [0.2, 0.25) is 0 Å². The first kappa shape index (κ1) is 18.4. The number of Topliss-reactive ketones (excluding diaryl/α,β-unsaturated/α-hetero) is 1. The molecule has 0 aromatic heterocycles. The molecule has 0 unspecified atom stereocenters. The highest BCUT2D eigenvalue weighted by Gasteiger charge is 2.20. The first-order valence-corrected chi connectivity index (χ1v) is 8.63. The van der Waals surface area contributed by atoms with Crippen LogP contribution in [0.3, 0.4) is 0 Å². The van der Waals surface area contributed by atoms with E-state index in [0.29, 0.717) is 12.3 Å². The standard InChI is InChI=1S/C17H26INO2/c1-12(2)9-10-21-15-7-5-14(6-8-15)11-16(19-18)17(20)13(3)4/h5-8,12-13,16,19H,9-11H2,1-4H3/t16-/m0/s1. The molecule has 0 saturated heterocycles. The van der Waals surface area contributed by atoms with Crippen LogP contribution in [0, 0.1) is 11.8 Å². The molecule has 0 heterocycles. The van der Waals surface area contributed by atoms with Gasteiger partial charge in [0.1, 0.15) is 5.75 Å². The minimum Gasteiger partial charge on any atom is -0.494 e. The molecule has 1 atom stereocenters. The monoisotopic (exact) mass is 403 g/mol. The second-order valence-electron chi connectivity index (χ2n) is 6.10. The largest absolute Gasteiger partial charge is 0.494 e. The van der Waals surface area contributed by atoms with Crippen molar-refractivity contribution in [3.63, 3.8) is 0 Å². The molecule has 0 aliphatic heterocycles. The Labute approximate surface area is 142 Å². The Bertz CT molecular complexity index is 429. The molecule has 0 aliphatic carbocycles. The van der Waals surface area contributed by atoms with Crippen LogP contribution in [0.1, 0.15) is 39.7 Å². The van der Waals surface area contributed by atoms with E-state index < -0.39 is 0 Å². The summed E-state index contributed by atoms with van der Waals surface area (Å²) in [5.41, 5.74) is 1.15. The van der Waals surface area contributed by atoms with E-state index in [2.05, 4.69) is 40.2 Å². The minimum absolute atomic E-state index is 0.0518. The second kappa shape index (κ2) is 9.41. The zero-order valence-electron chi connectivity index (χ0n) is 13.4. The van der Waals surface area contributed by atoms with Crippen LogP contribution in [0.4, 0.5) is 0 Å². The van der Waals surface area contributed by atoms with E-state index in [9.17, 15) is 4.79 Å². The van der Waals surface area contributed by atoms with Crippen molar-refractivity contribution in [2.75, 3.05) is 6.61 Å². The zero-order valence-corrected chi connectivity index (χ0v) is 15.5. The van der Waals surface area contributed by atoms with Crippen molar-refractivity contribution in [2.45, 2.75) is 46.6 Å². The van der Waals surface area contributed by atoms with Crippen molar-refractivity contribution >= 4 is 28.6 Å². The lowest BCUT2D eigenvalue weighted by Gasteiger charge is -2.16. The number of hydrogen-bond acceptors (Lipinski definition) is 3. The summed E-state index contributed by atoms with van der Waals surface area (Å²) in [6.07, 6.45) is 1.78. The lowest BCUT2D eigenvalue weighted by atomic mass is 9.96. The van der Waals surface area contributed by atoms with E-state index in [1.165, 1.54) is 0 Å². The number of hydrogen-bond donors (Lipinski definition) is 1. The van der Waals surface area contributed by atoms with E-state index in [4.69, 9.17) is 4.74 Å². The average Bonchev–Trinajstić information content (AvgIpc) is 2.45. The fraction of sp³-hybridized carbons (Fsp3) is 0.588. The number of benzene rings is 1. The number of carbonyl (C=O) groups excluding carboxylic acids is 1. The van der Waals surface area contributed by atoms with Gasteiger partial charge in [-0.25, -0.2) is 0 Å². The summed E-state index contributed by atoms with van der Waals surface area (Å²) in [6, 6.07) is 7.93. The van der Waals surface area contributed by atoms with E-state index in [0.717, 1.165) is 24.3 Å². The molecule has 0 saturated carbocycles. The molecule has 0 amide bonds. The second-order valence-corrected chi connectivity index (χ2v) is 6.72. The van der Waals surface area contributed by atoms with Gasteiger partial charge in [0, 0.05) is 28.8 Å². The molecule has 118 valence electrons. The third-order valence-corrected chi connectivity index (χ3v) is 4.12. The fourth-order valence-electron chi connectivity index (χ4n) is 1.97. The molecule has 0 aliphatic rings. The Morgan fingerprint density at radius 3 is 2.29 bits per heavy atom. The Morgan fingerprint density at radius 1 is 1.19 bits per heavy atom. The van der Waals surface area contributed by atoms with Gasteiger partial charge in [0.05, 0.1) is 12.6 Å². The molecule has 1 rings (SSSR count). The van der Waals surface area contributed by atoms with Crippen LogP contribution in [0.2, 0.25) is 0 Å². The van der Waals surface area contributed by atoms with Gasteiger partial charge in [0.25, 0.3) is 0 Å². The summed E-state index contributed by atoms with van der Waals surface area (Å²) >= 11 is 2.06. The maximum Gasteiger partial charge on any atom is 0.153 e. The first-order chi connectivity index (χ1) is 9.93. The van der Waals surface area contributed by atoms with Crippen LogP contribution in [-0.4, -0.2) is 18.4 Å². The normalized spacial score (nSPS) is 12.7. The maximum absolute atomic E-state index is 12.1. The third kappa shape index (κ3) is 6.78. The molecule has 0 bridgehead atoms. The molecule has 1 aromatic rings. The van der Waals surface area contributed by atoms with Gasteiger partial charge in [-0.05, 0) is 36.5 Å². The van der Waals surface area contributed by atoms with Crippen molar-refractivity contribution < 1.29 is 9.53 Å². The molecule has 3 nitrogen and oxygen atoms in total. The minimum atomic E-state index is -0.127. The highest BCUT2D eigenvalue weighted by Crippen LogP contribution is 2.16. The van der Waals surface area contributed by atoms with Gasteiger partial charge < -0.3 is 4.74 Å². The van der Waals surface area contributed by atoms with Crippen molar-refractivity contribution in [3.05, 3.63) is 29.8 Å². The lowest BCUT2D eigenvalue weighted by molar-refractivity contribution is -0.123. The quantitative estimate of drug-likeness (QED) is 0.497. The van der Waals surface area contributed by atoms with Gasteiger partial charge in [-0.1, -0.05) is 39.8 Å². The number of carbonyl (C=O) groups is 1. The predicted octanol–water partition coefficient (Wildman–Crippen LogP) is 4.19. The number of nitrogens with one attached hydrogen (secondary N) is 1. The molecule has 0 radical (unpaired) electrons. The summed E-state index contributed by atoms with van der Waals surface area (Å²) < 4.78 is 8.79. The smallest absolute Gasteiger partial charge is 0.153 e. The molecule has 4 heteroatoms. The van der Waals surface area contributed by atoms with Crippen molar-refractivity contribution in [2.24, 2.45) is 11.8 Å². The number of ether oxygens (including phenoxy) is 1. The SMILES string of the molecule is CC(C)CCOc1ccc(C[C@H](NI)C(=O)C(C)C)cc1. The summed E-state index contributed by atoms with van der Waals surface area (Å²) in [5.74, 6) is 1.85.